The number of hydrogen-bond acceptors (Lipinski definition) is 4. The maximum atomic E-state index is 12.8. The Labute approximate surface area is 156 Å². The van der Waals surface area contributed by atoms with Crippen molar-refractivity contribution in [3.63, 3.8) is 0 Å². The predicted octanol–water partition coefficient (Wildman–Crippen LogP) is 2.94. The number of nitrogens with zero attached hydrogens (tertiary/aromatic N) is 1. The molecule has 5 nitrogen and oxygen atoms in total. The number of halogens is 1. The van der Waals surface area contributed by atoms with Crippen LogP contribution in [0.5, 0.6) is 5.75 Å². The van der Waals surface area contributed by atoms with E-state index < -0.39 is 0 Å². The number of piperazine rings is 1. The highest BCUT2D eigenvalue weighted by molar-refractivity contribution is 5.85. The number of nitrogens with one attached hydrogen (secondary N) is 1. The second-order valence-electron chi connectivity index (χ2n) is 6.73. The Morgan fingerprint density at radius 2 is 2.16 bits per heavy atom. The number of benzene rings is 1. The second-order valence-corrected chi connectivity index (χ2v) is 6.73. The van der Waals surface area contributed by atoms with Crippen molar-refractivity contribution in [1.82, 2.24) is 10.2 Å². The van der Waals surface area contributed by atoms with Gasteiger partial charge in [-0.3, -0.25) is 4.79 Å². The van der Waals surface area contributed by atoms with Crippen LogP contribution in [-0.2, 0) is 9.53 Å². The largest absolute Gasteiger partial charge is 0.496 e. The molecule has 3 unspecified atom stereocenters. The Hall–Kier alpha value is -1.30. The Balaban J connectivity index is 0.00000225. The molecule has 0 bridgehead atoms. The lowest BCUT2D eigenvalue weighted by Crippen LogP contribution is -2.48. The summed E-state index contributed by atoms with van der Waals surface area (Å²) in [5.74, 6) is 1.06. The third-order valence-electron chi connectivity index (χ3n) is 5.06. The molecule has 2 aliphatic rings. The summed E-state index contributed by atoms with van der Waals surface area (Å²) in [4.78, 5) is 14.8. The first-order valence-electron chi connectivity index (χ1n) is 8.97. The minimum atomic E-state index is 0. The lowest BCUT2D eigenvalue weighted by molar-refractivity contribution is -0.135. The van der Waals surface area contributed by atoms with Crippen molar-refractivity contribution in [3.05, 3.63) is 29.8 Å². The molecule has 0 saturated carbocycles. The zero-order chi connectivity index (χ0) is 16.9. The van der Waals surface area contributed by atoms with Crippen LogP contribution in [0.25, 0.3) is 0 Å². The summed E-state index contributed by atoms with van der Waals surface area (Å²) in [6.45, 7) is 4.46. The van der Waals surface area contributed by atoms with Crippen LogP contribution in [-0.4, -0.2) is 49.8 Å². The van der Waals surface area contributed by atoms with Gasteiger partial charge in [-0.15, -0.1) is 12.4 Å². The normalized spacial score (nSPS) is 26.2. The van der Waals surface area contributed by atoms with Gasteiger partial charge in [0.15, 0.2) is 0 Å². The summed E-state index contributed by atoms with van der Waals surface area (Å²) >= 11 is 0. The van der Waals surface area contributed by atoms with E-state index >= 15 is 0 Å². The number of para-hydroxylation sites is 1. The molecule has 3 rings (SSSR count). The average Bonchev–Trinajstić information content (AvgIpc) is 3.05. The number of ether oxygens (including phenoxy) is 2. The minimum absolute atomic E-state index is 0. The van der Waals surface area contributed by atoms with E-state index in [1.54, 1.807) is 7.11 Å². The highest BCUT2D eigenvalue weighted by Crippen LogP contribution is 2.31. The molecule has 0 aliphatic carbocycles. The van der Waals surface area contributed by atoms with Crippen molar-refractivity contribution in [1.29, 1.82) is 0 Å². The summed E-state index contributed by atoms with van der Waals surface area (Å²) in [7, 11) is 1.68. The summed E-state index contributed by atoms with van der Waals surface area (Å²) in [6, 6.07) is 8.01. The molecule has 2 fully saturated rings. The summed E-state index contributed by atoms with van der Waals surface area (Å²) in [5.41, 5.74) is 1.08. The number of rotatable bonds is 5. The number of amides is 1. The number of hydrogen-bond donors (Lipinski definition) is 1. The van der Waals surface area contributed by atoms with E-state index in [9.17, 15) is 4.79 Å². The van der Waals surface area contributed by atoms with Gasteiger partial charge in [-0.05, 0) is 32.3 Å². The maximum absolute atomic E-state index is 12.8. The Morgan fingerprint density at radius 1 is 1.36 bits per heavy atom. The van der Waals surface area contributed by atoms with Crippen molar-refractivity contribution in [3.8, 4) is 5.75 Å². The van der Waals surface area contributed by atoms with Gasteiger partial charge in [-0.25, -0.2) is 0 Å². The van der Waals surface area contributed by atoms with Crippen LogP contribution in [0.1, 0.15) is 44.2 Å². The second kappa shape index (κ2) is 9.41. The van der Waals surface area contributed by atoms with Crippen molar-refractivity contribution < 1.29 is 14.3 Å². The first-order chi connectivity index (χ1) is 11.7. The fourth-order valence-corrected chi connectivity index (χ4v) is 3.75. The fraction of sp³-hybridized carbons (Fsp3) is 0.632. The lowest BCUT2D eigenvalue weighted by Gasteiger charge is -2.37. The monoisotopic (exact) mass is 368 g/mol. The van der Waals surface area contributed by atoms with E-state index in [0.29, 0.717) is 12.5 Å². The number of carbonyl (C=O) groups is 1. The maximum Gasteiger partial charge on any atom is 0.223 e. The molecular formula is C19H29ClN2O3. The van der Waals surface area contributed by atoms with Crippen molar-refractivity contribution in [2.45, 2.75) is 50.9 Å². The van der Waals surface area contributed by atoms with Crippen LogP contribution in [0.15, 0.2) is 24.3 Å². The van der Waals surface area contributed by atoms with Gasteiger partial charge in [0.25, 0.3) is 0 Å². The molecule has 2 heterocycles. The topological polar surface area (TPSA) is 50.8 Å². The number of carbonyl (C=O) groups excluding carboxylic acids is 1. The zero-order valence-corrected chi connectivity index (χ0v) is 15.9. The average molecular weight is 369 g/mol. The van der Waals surface area contributed by atoms with E-state index in [4.69, 9.17) is 9.47 Å². The summed E-state index contributed by atoms with van der Waals surface area (Å²) in [6.07, 6.45) is 4.15. The van der Waals surface area contributed by atoms with Crippen LogP contribution in [0.4, 0.5) is 0 Å². The molecule has 0 spiro atoms. The SMILES string of the molecule is COc1ccccc1C1CNCCN1C(=O)CCC1CCC(C)O1.Cl. The van der Waals surface area contributed by atoms with E-state index in [1.807, 2.05) is 23.1 Å². The van der Waals surface area contributed by atoms with E-state index in [0.717, 1.165) is 50.2 Å². The molecule has 25 heavy (non-hydrogen) atoms. The molecule has 6 heteroatoms. The molecule has 2 saturated heterocycles. The molecule has 2 aliphatic heterocycles. The van der Waals surface area contributed by atoms with Gasteiger partial charge in [0.05, 0.1) is 25.4 Å². The summed E-state index contributed by atoms with van der Waals surface area (Å²) < 4.78 is 11.3. The van der Waals surface area contributed by atoms with Gasteiger partial charge in [0, 0.05) is 31.6 Å². The smallest absolute Gasteiger partial charge is 0.223 e. The molecule has 1 aromatic rings. The van der Waals surface area contributed by atoms with E-state index in [-0.39, 0.29) is 30.5 Å². The van der Waals surface area contributed by atoms with Crippen LogP contribution in [0.3, 0.4) is 0 Å². The van der Waals surface area contributed by atoms with Crippen molar-refractivity contribution >= 4 is 18.3 Å². The Kier molecular flexibility index (Phi) is 7.54. The molecule has 1 aromatic carbocycles. The van der Waals surface area contributed by atoms with Crippen molar-refractivity contribution in [2.24, 2.45) is 0 Å². The first kappa shape index (κ1) is 20.0. The Bertz CT molecular complexity index is 569. The number of methoxy groups -OCH3 is 1. The molecule has 1 N–H and O–H groups in total. The molecule has 3 atom stereocenters. The van der Waals surface area contributed by atoms with Gasteiger partial charge in [-0.2, -0.15) is 0 Å². The van der Waals surface area contributed by atoms with Gasteiger partial charge >= 0.3 is 0 Å². The van der Waals surface area contributed by atoms with Crippen LogP contribution < -0.4 is 10.1 Å². The molecule has 0 radical (unpaired) electrons. The highest BCUT2D eigenvalue weighted by Gasteiger charge is 2.30. The van der Waals surface area contributed by atoms with Gasteiger partial charge < -0.3 is 19.7 Å². The molecule has 1 amide bonds. The standard InChI is InChI=1S/C19H28N2O3.ClH/c1-14-7-8-15(24-14)9-10-19(22)21-12-11-20-13-17(21)16-5-3-4-6-18(16)23-2;/h3-6,14-15,17,20H,7-13H2,1-2H3;1H. The quantitative estimate of drug-likeness (QED) is 0.868. The van der Waals surface area contributed by atoms with Gasteiger partial charge in [0.1, 0.15) is 5.75 Å². The molecule has 140 valence electrons. The predicted molar refractivity (Wildman–Crippen MR) is 100 cm³/mol. The van der Waals surface area contributed by atoms with Crippen LogP contribution in [0, 0.1) is 0 Å². The molecular weight excluding hydrogens is 340 g/mol. The van der Waals surface area contributed by atoms with Crippen LogP contribution in [0.2, 0.25) is 0 Å². The Morgan fingerprint density at radius 3 is 2.88 bits per heavy atom. The third-order valence-corrected chi connectivity index (χ3v) is 5.06. The highest BCUT2D eigenvalue weighted by atomic mass is 35.5. The van der Waals surface area contributed by atoms with Gasteiger partial charge in [-0.1, -0.05) is 18.2 Å². The van der Waals surface area contributed by atoms with Gasteiger partial charge in [0.2, 0.25) is 5.91 Å². The van der Waals surface area contributed by atoms with E-state index in [1.165, 1.54) is 0 Å². The van der Waals surface area contributed by atoms with Crippen LogP contribution >= 0.6 is 12.4 Å². The third kappa shape index (κ3) is 4.87. The first-order valence-corrected chi connectivity index (χ1v) is 8.97. The molecule has 0 aromatic heterocycles. The minimum Gasteiger partial charge on any atom is -0.496 e. The van der Waals surface area contributed by atoms with E-state index in [2.05, 4.69) is 18.3 Å². The summed E-state index contributed by atoms with van der Waals surface area (Å²) in [5, 5.41) is 3.40. The lowest BCUT2D eigenvalue weighted by atomic mass is 10.0. The van der Waals surface area contributed by atoms with Crippen molar-refractivity contribution in [2.75, 3.05) is 26.7 Å². The zero-order valence-electron chi connectivity index (χ0n) is 15.1. The fourth-order valence-electron chi connectivity index (χ4n) is 3.75.